The van der Waals surface area contributed by atoms with E-state index < -0.39 is 33.8 Å². The van der Waals surface area contributed by atoms with Crippen molar-refractivity contribution in [1.29, 1.82) is 5.26 Å². The zero-order valence-corrected chi connectivity index (χ0v) is 15.6. The van der Waals surface area contributed by atoms with Crippen LogP contribution < -0.4 is 5.32 Å². The highest BCUT2D eigenvalue weighted by atomic mass is 35.5. The third-order valence-corrected chi connectivity index (χ3v) is 4.83. The summed E-state index contributed by atoms with van der Waals surface area (Å²) >= 11 is 5.91. The molecule has 0 bridgehead atoms. The fourth-order valence-electron chi connectivity index (χ4n) is 2.82. The first kappa shape index (κ1) is 20.6. The highest BCUT2D eigenvalue weighted by molar-refractivity contribution is 6.32. The number of carbonyl (C=O) groups excluding carboxylic acids is 1. The molecule has 3 rings (SSSR count). The highest BCUT2D eigenvalue weighted by Gasteiger charge is 2.43. The van der Waals surface area contributed by atoms with Crippen LogP contribution in [0.25, 0.3) is 0 Å². The summed E-state index contributed by atoms with van der Waals surface area (Å²) in [6.45, 7) is 1.35. The van der Waals surface area contributed by atoms with E-state index in [4.69, 9.17) is 16.9 Å². The van der Waals surface area contributed by atoms with Crippen molar-refractivity contribution in [2.45, 2.75) is 37.9 Å². The Hall–Kier alpha value is -3.13. The number of non-ortho nitro benzene ring substituents is 1. The summed E-state index contributed by atoms with van der Waals surface area (Å²) in [5, 5.41) is 25.4. The van der Waals surface area contributed by atoms with Crippen LogP contribution in [-0.4, -0.2) is 20.6 Å². The topological polar surface area (TPSA) is 114 Å². The molecule has 12 heteroatoms. The zero-order chi connectivity index (χ0) is 21.5. The molecule has 2 aromatic rings. The summed E-state index contributed by atoms with van der Waals surface area (Å²) in [6, 6.07) is 3.84. The Morgan fingerprint density at radius 2 is 2.14 bits per heavy atom. The van der Waals surface area contributed by atoms with Crippen molar-refractivity contribution in [3.63, 3.8) is 0 Å². The molecule has 1 aliphatic rings. The van der Waals surface area contributed by atoms with Crippen LogP contribution in [0.5, 0.6) is 0 Å². The average Bonchev–Trinajstić information content (AvgIpc) is 3.42. The van der Waals surface area contributed by atoms with Crippen molar-refractivity contribution >= 4 is 28.9 Å². The Kier molecular flexibility index (Phi) is 5.23. The number of nitro benzene ring substituents is 1. The van der Waals surface area contributed by atoms with Gasteiger partial charge in [-0.3, -0.25) is 19.6 Å². The van der Waals surface area contributed by atoms with Gasteiger partial charge in [0.25, 0.3) is 5.69 Å². The van der Waals surface area contributed by atoms with E-state index in [1.807, 2.05) is 0 Å². The normalized spacial score (nSPS) is 14.9. The van der Waals surface area contributed by atoms with Crippen molar-refractivity contribution in [1.82, 2.24) is 9.78 Å². The van der Waals surface area contributed by atoms with Crippen LogP contribution in [0.15, 0.2) is 18.2 Å². The number of amides is 1. The largest absolute Gasteiger partial charge is 0.436 e. The lowest BCUT2D eigenvalue weighted by Gasteiger charge is -2.16. The number of nitriles is 1. The Labute approximate surface area is 167 Å². The van der Waals surface area contributed by atoms with Crippen LogP contribution in [0.4, 0.5) is 24.5 Å². The first-order valence-electron chi connectivity index (χ1n) is 8.39. The molecule has 152 valence electrons. The van der Waals surface area contributed by atoms with Crippen molar-refractivity contribution in [2.75, 3.05) is 5.32 Å². The number of rotatable bonds is 5. The minimum absolute atomic E-state index is 0.00257. The molecule has 1 atom stereocenters. The van der Waals surface area contributed by atoms with Crippen molar-refractivity contribution in [3.8, 4) is 6.07 Å². The molecule has 1 aromatic heterocycles. The standard InChI is InChI=1S/C17H13ClF3N5O3/c1-8(16(27)23-12-5-4-11(26(28)29)6-10(12)7-22)25-14(9-2-3-9)13(18)15(24-25)17(19,20)21/h4-6,8-9H,2-3H2,1H3,(H,23,27). The number of halogens is 4. The van der Waals surface area contributed by atoms with Gasteiger partial charge in [-0.1, -0.05) is 11.6 Å². The van der Waals surface area contributed by atoms with Crippen LogP contribution in [0.2, 0.25) is 5.02 Å². The molecule has 1 unspecified atom stereocenters. The molecule has 1 aromatic carbocycles. The Morgan fingerprint density at radius 3 is 2.66 bits per heavy atom. The van der Waals surface area contributed by atoms with E-state index in [1.165, 1.54) is 13.0 Å². The number of hydrogen-bond acceptors (Lipinski definition) is 5. The van der Waals surface area contributed by atoms with Crippen LogP contribution in [0.1, 0.15) is 48.7 Å². The predicted molar refractivity (Wildman–Crippen MR) is 95.4 cm³/mol. The molecule has 1 N–H and O–H groups in total. The van der Waals surface area contributed by atoms with Gasteiger partial charge >= 0.3 is 6.18 Å². The van der Waals surface area contributed by atoms with Gasteiger partial charge < -0.3 is 5.32 Å². The number of aromatic nitrogens is 2. The fourth-order valence-corrected chi connectivity index (χ4v) is 3.21. The Balaban J connectivity index is 1.92. The van der Waals surface area contributed by atoms with E-state index >= 15 is 0 Å². The summed E-state index contributed by atoms with van der Waals surface area (Å²) in [4.78, 5) is 22.7. The summed E-state index contributed by atoms with van der Waals surface area (Å²) in [5.41, 5.74) is -1.61. The van der Waals surface area contributed by atoms with E-state index in [-0.39, 0.29) is 28.6 Å². The molecular formula is C17H13ClF3N5O3. The Bertz CT molecular complexity index is 1040. The van der Waals surface area contributed by atoms with E-state index in [9.17, 15) is 28.1 Å². The first-order chi connectivity index (χ1) is 13.5. The number of nitro groups is 1. The van der Waals surface area contributed by atoms with Gasteiger partial charge in [0.1, 0.15) is 12.1 Å². The van der Waals surface area contributed by atoms with Crippen molar-refractivity contribution < 1.29 is 22.9 Å². The minimum Gasteiger partial charge on any atom is -0.323 e. The van der Waals surface area contributed by atoms with E-state index in [0.29, 0.717) is 12.8 Å². The van der Waals surface area contributed by atoms with Gasteiger partial charge in [-0.05, 0) is 25.8 Å². The molecule has 0 aliphatic heterocycles. The number of benzene rings is 1. The molecule has 0 saturated heterocycles. The van der Waals surface area contributed by atoms with Crippen molar-refractivity contribution in [3.05, 3.63) is 50.3 Å². The molecular weight excluding hydrogens is 415 g/mol. The van der Waals surface area contributed by atoms with E-state index in [1.54, 1.807) is 6.07 Å². The number of nitrogens with one attached hydrogen (secondary N) is 1. The molecule has 8 nitrogen and oxygen atoms in total. The van der Waals surface area contributed by atoms with Gasteiger partial charge in [0, 0.05) is 18.1 Å². The highest BCUT2D eigenvalue weighted by Crippen LogP contribution is 2.47. The Morgan fingerprint density at radius 1 is 1.48 bits per heavy atom. The number of anilines is 1. The summed E-state index contributed by atoms with van der Waals surface area (Å²) in [5.74, 6) is -0.958. The van der Waals surface area contributed by atoms with Gasteiger partial charge in [0.15, 0.2) is 5.69 Å². The molecule has 1 fully saturated rings. The summed E-state index contributed by atoms with van der Waals surface area (Å²) < 4.78 is 40.5. The van der Waals surface area contributed by atoms with E-state index in [2.05, 4.69) is 10.4 Å². The van der Waals surface area contributed by atoms with Gasteiger partial charge in [0.2, 0.25) is 5.91 Å². The predicted octanol–water partition coefficient (Wildman–Crippen LogP) is 4.41. The quantitative estimate of drug-likeness (QED) is 0.560. The first-order valence-corrected chi connectivity index (χ1v) is 8.77. The van der Waals surface area contributed by atoms with E-state index in [0.717, 1.165) is 16.8 Å². The number of nitrogens with zero attached hydrogens (tertiary/aromatic N) is 4. The van der Waals surface area contributed by atoms with Gasteiger partial charge in [-0.2, -0.15) is 23.5 Å². The van der Waals surface area contributed by atoms with Crippen LogP contribution in [-0.2, 0) is 11.0 Å². The molecule has 1 heterocycles. The monoisotopic (exact) mass is 427 g/mol. The third kappa shape index (κ3) is 4.02. The molecule has 29 heavy (non-hydrogen) atoms. The average molecular weight is 428 g/mol. The second-order valence-corrected chi connectivity index (χ2v) is 6.91. The maximum Gasteiger partial charge on any atom is 0.436 e. The second kappa shape index (κ2) is 7.36. The van der Waals surface area contributed by atoms with Crippen LogP contribution >= 0.6 is 11.6 Å². The van der Waals surface area contributed by atoms with Gasteiger partial charge in [0.05, 0.1) is 26.9 Å². The smallest absolute Gasteiger partial charge is 0.323 e. The lowest BCUT2D eigenvalue weighted by molar-refractivity contribution is -0.384. The molecule has 0 spiro atoms. The molecule has 1 saturated carbocycles. The molecule has 0 radical (unpaired) electrons. The number of hydrogen-bond donors (Lipinski definition) is 1. The van der Waals surface area contributed by atoms with Crippen molar-refractivity contribution in [2.24, 2.45) is 0 Å². The summed E-state index contributed by atoms with van der Waals surface area (Å²) in [7, 11) is 0. The maximum atomic E-state index is 13.2. The SMILES string of the molecule is CC(C(=O)Nc1ccc([N+](=O)[O-])cc1C#N)n1nc(C(F)(F)F)c(Cl)c1C1CC1. The molecule has 1 amide bonds. The van der Waals surface area contributed by atoms with Gasteiger partial charge in [-0.25, -0.2) is 0 Å². The lowest BCUT2D eigenvalue weighted by Crippen LogP contribution is -2.26. The summed E-state index contributed by atoms with van der Waals surface area (Å²) in [6.07, 6.45) is -3.50. The fraction of sp³-hybridized carbons (Fsp3) is 0.353. The van der Waals surface area contributed by atoms with Crippen LogP contribution in [0.3, 0.4) is 0 Å². The molecule has 1 aliphatic carbocycles. The number of alkyl halides is 3. The van der Waals surface area contributed by atoms with Gasteiger partial charge in [-0.15, -0.1) is 0 Å². The lowest BCUT2D eigenvalue weighted by atomic mass is 10.1. The second-order valence-electron chi connectivity index (χ2n) is 6.53. The van der Waals surface area contributed by atoms with Crippen LogP contribution in [0, 0.1) is 21.4 Å². The maximum absolute atomic E-state index is 13.2. The minimum atomic E-state index is -4.77. The third-order valence-electron chi connectivity index (χ3n) is 4.46. The zero-order valence-electron chi connectivity index (χ0n) is 14.8. The number of carbonyl (C=O) groups is 1.